The van der Waals surface area contributed by atoms with Crippen LogP contribution in [0.1, 0.15) is 54.7 Å². The van der Waals surface area contributed by atoms with Crippen molar-refractivity contribution >= 4 is 11.3 Å². The monoisotopic (exact) mass is 226 g/mol. The van der Waals surface area contributed by atoms with E-state index >= 15 is 0 Å². The van der Waals surface area contributed by atoms with E-state index in [4.69, 9.17) is 0 Å². The lowest BCUT2D eigenvalue weighted by Crippen LogP contribution is -2.21. The molecule has 0 saturated carbocycles. The van der Waals surface area contributed by atoms with Gasteiger partial charge in [0.1, 0.15) is 5.01 Å². The van der Waals surface area contributed by atoms with Gasteiger partial charge in [-0.2, -0.15) is 0 Å². The highest BCUT2D eigenvalue weighted by Gasteiger charge is 2.14. The first-order valence-electron chi connectivity index (χ1n) is 5.86. The van der Waals surface area contributed by atoms with Crippen LogP contribution in [0.15, 0.2) is 0 Å². The molecular formula is C12H22N2S. The van der Waals surface area contributed by atoms with Crippen molar-refractivity contribution < 1.29 is 0 Å². The van der Waals surface area contributed by atoms with Crippen molar-refractivity contribution in [3.05, 3.63) is 15.6 Å². The average molecular weight is 226 g/mol. The molecule has 3 heteroatoms. The van der Waals surface area contributed by atoms with E-state index in [2.05, 4.69) is 38.0 Å². The molecule has 0 bridgehead atoms. The van der Waals surface area contributed by atoms with Crippen molar-refractivity contribution in [2.75, 3.05) is 6.54 Å². The summed E-state index contributed by atoms with van der Waals surface area (Å²) in [5.74, 6) is 0. The molecule has 1 aromatic rings. The van der Waals surface area contributed by atoms with Crippen molar-refractivity contribution in [2.24, 2.45) is 0 Å². The van der Waals surface area contributed by atoms with Gasteiger partial charge in [0.25, 0.3) is 0 Å². The summed E-state index contributed by atoms with van der Waals surface area (Å²) in [4.78, 5) is 5.99. The highest BCUT2D eigenvalue weighted by Crippen LogP contribution is 2.25. The van der Waals surface area contributed by atoms with E-state index in [-0.39, 0.29) is 0 Å². The number of rotatable bonds is 6. The number of nitrogens with zero attached hydrogens (tertiary/aromatic N) is 1. The van der Waals surface area contributed by atoms with Crippen molar-refractivity contribution in [3.63, 3.8) is 0 Å². The predicted octanol–water partition coefficient (Wildman–Crippen LogP) is 3.60. The second kappa shape index (κ2) is 6.23. The van der Waals surface area contributed by atoms with Gasteiger partial charge in [-0.25, -0.2) is 4.98 Å². The largest absolute Gasteiger partial charge is 0.308 e. The summed E-state index contributed by atoms with van der Waals surface area (Å²) < 4.78 is 0. The Balaban J connectivity index is 2.69. The summed E-state index contributed by atoms with van der Waals surface area (Å²) in [5, 5.41) is 4.84. The van der Waals surface area contributed by atoms with Crippen molar-refractivity contribution in [2.45, 2.75) is 53.0 Å². The first-order valence-corrected chi connectivity index (χ1v) is 6.68. The second-order valence-corrected chi connectivity index (χ2v) is 5.22. The molecule has 0 radical (unpaired) electrons. The molecule has 15 heavy (non-hydrogen) atoms. The van der Waals surface area contributed by atoms with Crippen LogP contribution in [0.2, 0.25) is 0 Å². The van der Waals surface area contributed by atoms with Gasteiger partial charge in [0.15, 0.2) is 0 Å². The SMILES string of the molecule is CCCNC(CCC)c1nc(C)c(C)s1. The van der Waals surface area contributed by atoms with E-state index < -0.39 is 0 Å². The first-order chi connectivity index (χ1) is 7.19. The minimum Gasteiger partial charge on any atom is -0.308 e. The molecule has 1 unspecified atom stereocenters. The van der Waals surface area contributed by atoms with Crippen LogP contribution in [0, 0.1) is 13.8 Å². The van der Waals surface area contributed by atoms with Crippen LogP contribution in [0.3, 0.4) is 0 Å². The van der Waals surface area contributed by atoms with Crippen molar-refractivity contribution in [3.8, 4) is 0 Å². The van der Waals surface area contributed by atoms with Crippen LogP contribution in [-0.4, -0.2) is 11.5 Å². The molecule has 2 nitrogen and oxygen atoms in total. The van der Waals surface area contributed by atoms with E-state index in [0.717, 1.165) is 6.54 Å². The van der Waals surface area contributed by atoms with Gasteiger partial charge in [-0.15, -0.1) is 11.3 Å². The molecule has 0 spiro atoms. The average Bonchev–Trinajstić information content (AvgIpc) is 2.54. The molecular weight excluding hydrogens is 204 g/mol. The molecule has 0 saturated heterocycles. The fourth-order valence-corrected chi connectivity index (χ4v) is 2.60. The topological polar surface area (TPSA) is 24.9 Å². The van der Waals surface area contributed by atoms with Crippen LogP contribution in [0.25, 0.3) is 0 Å². The van der Waals surface area contributed by atoms with Gasteiger partial charge in [0.2, 0.25) is 0 Å². The van der Waals surface area contributed by atoms with E-state index in [0.29, 0.717) is 6.04 Å². The number of aromatic nitrogens is 1. The van der Waals surface area contributed by atoms with Gasteiger partial charge in [-0.05, 0) is 33.2 Å². The molecule has 0 aromatic carbocycles. The summed E-state index contributed by atoms with van der Waals surface area (Å²) in [6, 6.07) is 0.465. The fraction of sp³-hybridized carbons (Fsp3) is 0.750. The Bertz CT molecular complexity index is 274. The Morgan fingerprint density at radius 2 is 2.00 bits per heavy atom. The van der Waals surface area contributed by atoms with Crippen molar-refractivity contribution in [1.29, 1.82) is 0 Å². The molecule has 1 aromatic heterocycles. The third-order valence-electron chi connectivity index (χ3n) is 2.56. The van der Waals surface area contributed by atoms with Crippen molar-refractivity contribution in [1.82, 2.24) is 10.3 Å². The third-order valence-corrected chi connectivity index (χ3v) is 3.75. The number of hydrogen-bond donors (Lipinski definition) is 1. The normalized spacial score (nSPS) is 13.1. The molecule has 86 valence electrons. The lowest BCUT2D eigenvalue weighted by molar-refractivity contribution is 0.491. The van der Waals surface area contributed by atoms with Gasteiger partial charge in [0.05, 0.1) is 11.7 Å². The summed E-state index contributed by atoms with van der Waals surface area (Å²) in [6.07, 6.45) is 3.58. The standard InChI is InChI=1S/C12H22N2S/c1-5-7-11(13-8-6-2)12-14-9(3)10(4)15-12/h11,13H,5-8H2,1-4H3. The molecule has 0 fully saturated rings. The quantitative estimate of drug-likeness (QED) is 0.801. The molecule has 0 aliphatic heterocycles. The Morgan fingerprint density at radius 3 is 2.47 bits per heavy atom. The van der Waals surface area contributed by atoms with Crippen LogP contribution in [0.5, 0.6) is 0 Å². The first kappa shape index (κ1) is 12.7. The van der Waals surface area contributed by atoms with Crippen LogP contribution >= 0.6 is 11.3 Å². The lowest BCUT2D eigenvalue weighted by atomic mass is 10.2. The minimum atomic E-state index is 0.465. The van der Waals surface area contributed by atoms with Gasteiger partial charge >= 0.3 is 0 Å². The molecule has 0 amide bonds. The Hall–Kier alpha value is -0.410. The Morgan fingerprint density at radius 1 is 1.27 bits per heavy atom. The molecule has 1 N–H and O–H groups in total. The maximum absolute atomic E-state index is 4.64. The number of aryl methyl sites for hydroxylation is 2. The zero-order chi connectivity index (χ0) is 11.3. The van der Waals surface area contributed by atoms with E-state index in [9.17, 15) is 0 Å². The molecule has 1 atom stereocenters. The molecule has 0 aliphatic carbocycles. The predicted molar refractivity (Wildman–Crippen MR) is 67.5 cm³/mol. The second-order valence-electron chi connectivity index (χ2n) is 3.99. The highest BCUT2D eigenvalue weighted by atomic mass is 32.1. The van der Waals surface area contributed by atoms with Gasteiger partial charge in [-0.3, -0.25) is 0 Å². The zero-order valence-corrected chi connectivity index (χ0v) is 11.1. The summed E-state index contributed by atoms with van der Waals surface area (Å²) in [6.45, 7) is 9.77. The Labute approximate surface area is 97.1 Å². The maximum atomic E-state index is 4.64. The van der Waals surface area contributed by atoms with Gasteiger partial charge in [0, 0.05) is 4.88 Å². The molecule has 1 rings (SSSR count). The zero-order valence-electron chi connectivity index (χ0n) is 10.3. The lowest BCUT2D eigenvalue weighted by Gasteiger charge is -2.14. The molecule has 1 heterocycles. The molecule has 0 aliphatic rings. The number of thiazole rings is 1. The minimum absolute atomic E-state index is 0.465. The Kier molecular flexibility index (Phi) is 5.26. The van der Waals surface area contributed by atoms with E-state index in [1.54, 1.807) is 0 Å². The smallest absolute Gasteiger partial charge is 0.110 e. The number of hydrogen-bond acceptors (Lipinski definition) is 3. The fourth-order valence-electron chi connectivity index (χ4n) is 1.57. The van der Waals surface area contributed by atoms with Crippen LogP contribution < -0.4 is 5.32 Å². The summed E-state index contributed by atoms with van der Waals surface area (Å²) in [5.41, 5.74) is 1.19. The summed E-state index contributed by atoms with van der Waals surface area (Å²) in [7, 11) is 0. The maximum Gasteiger partial charge on any atom is 0.110 e. The number of nitrogens with one attached hydrogen (secondary N) is 1. The van der Waals surface area contributed by atoms with E-state index in [1.165, 1.54) is 34.8 Å². The van der Waals surface area contributed by atoms with Crippen LogP contribution in [-0.2, 0) is 0 Å². The van der Waals surface area contributed by atoms with Gasteiger partial charge < -0.3 is 5.32 Å². The van der Waals surface area contributed by atoms with Crippen LogP contribution in [0.4, 0.5) is 0 Å². The van der Waals surface area contributed by atoms with E-state index in [1.807, 2.05) is 11.3 Å². The van der Waals surface area contributed by atoms with Gasteiger partial charge in [-0.1, -0.05) is 20.3 Å². The highest BCUT2D eigenvalue weighted by molar-refractivity contribution is 7.11. The third kappa shape index (κ3) is 3.58. The summed E-state index contributed by atoms with van der Waals surface area (Å²) >= 11 is 1.84.